The number of amides is 1. The van der Waals surface area contributed by atoms with Crippen molar-refractivity contribution in [1.29, 1.82) is 0 Å². The van der Waals surface area contributed by atoms with E-state index in [1.54, 1.807) is 13.0 Å². The lowest BCUT2D eigenvalue weighted by atomic mass is 10.2. The Hall–Kier alpha value is -2.22. The molecule has 2 rings (SSSR count). The Bertz CT molecular complexity index is 711. The number of carbonyl (C=O) groups is 1. The number of anilines is 1. The van der Waals surface area contributed by atoms with E-state index in [1.807, 2.05) is 19.1 Å². The van der Waals surface area contributed by atoms with Crippen molar-refractivity contribution in [3.63, 3.8) is 0 Å². The Labute approximate surface area is 129 Å². The first kappa shape index (κ1) is 15.2. The highest BCUT2D eigenvalue weighted by molar-refractivity contribution is 9.10. The van der Waals surface area contributed by atoms with Crippen LogP contribution in [0.25, 0.3) is 0 Å². The van der Waals surface area contributed by atoms with Crippen LogP contribution in [0.15, 0.2) is 28.7 Å². The molecule has 110 valence electrons. The van der Waals surface area contributed by atoms with Gasteiger partial charge in [0.15, 0.2) is 0 Å². The maximum Gasteiger partial charge on any atom is 0.390 e. The molecule has 1 aromatic carbocycles. The Kier molecular flexibility index (Phi) is 4.37. The smallest absolute Gasteiger partial charge is 0.358 e. The lowest BCUT2D eigenvalue weighted by Crippen LogP contribution is -2.20. The summed E-state index contributed by atoms with van der Waals surface area (Å²) in [5.41, 5.74) is 2.17. The summed E-state index contributed by atoms with van der Waals surface area (Å²) in [6, 6.07) is 6.83. The molecule has 0 saturated heterocycles. The molecule has 1 N–H and O–H groups in total. The number of hydrogen-bond acceptors (Lipinski definition) is 4. The zero-order valence-corrected chi connectivity index (χ0v) is 13.0. The Balaban J connectivity index is 2.10. The summed E-state index contributed by atoms with van der Waals surface area (Å²) in [6.45, 7) is 3.47. The summed E-state index contributed by atoms with van der Waals surface area (Å²) in [5, 5.41) is 17.2. The fraction of sp³-hybridized carbons (Fsp3) is 0.231. The van der Waals surface area contributed by atoms with Crippen LogP contribution in [0.5, 0.6) is 0 Å². The summed E-state index contributed by atoms with van der Waals surface area (Å²) < 4.78 is 2.23. The fourth-order valence-corrected chi connectivity index (χ4v) is 2.31. The minimum atomic E-state index is -0.583. The zero-order valence-electron chi connectivity index (χ0n) is 11.5. The van der Waals surface area contributed by atoms with Crippen molar-refractivity contribution < 1.29 is 9.72 Å². The molecule has 2 aromatic rings. The molecule has 8 heteroatoms. The second-order valence-electron chi connectivity index (χ2n) is 4.57. The lowest BCUT2D eigenvalue weighted by Gasteiger charge is -2.08. The van der Waals surface area contributed by atoms with Crippen molar-refractivity contribution in [3.05, 3.63) is 50.1 Å². The third kappa shape index (κ3) is 3.66. The lowest BCUT2D eigenvalue weighted by molar-refractivity contribution is -0.389. The van der Waals surface area contributed by atoms with Gasteiger partial charge in [-0.05, 0) is 42.5 Å². The minimum Gasteiger partial charge on any atom is -0.358 e. The Morgan fingerprint density at radius 2 is 2.14 bits per heavy atom. The SMILES string of the molecule is Cc1cc(Br)ccc1NC(=O)Cn1nc([N+](=O)[O-])cc1C. The van der Waals surface area contributed by atoms with Gasteiger partial charge in [0.1, 0.15) is 6.54 Å². The van der Waals surface area contributed by atoms with E-state index in [2.05, 4.69) is 26.3 Å². The number of nitro groups is 1. The van der Waals surface area contributed by atoms with Crippen LogP contribution in [0.2, 0.25) is 0 Å². The number of aromatic nitrogens is 2. The zero-order chi connectivity index (χ0) is 15.6. The van der Waals surface area contributed by atoms with E-state index in [0.29, 0.717) is 11.4 Å². The molecule has 1 aromatic heterocycles. The normalized spacial score (nSPS) is 10.4. The number of hydrogen-bond donors (Lipinski definition) is 1. The number of benzene rings is 1. The molecule has 1 amide bonds. The van der Waals surface area contributed by atoms with E-state index in [-0.39, 0.29) is 18.3 Å². The molecule has 0 aliphatic rings. The highest BCUT2D eigenvalue weighted by atomic mass is 79.9. The van der Waals surface area contributed by atoms with Crippen LogP contribution in [0.3, 0.4) is 0 Å². The van der Waals surface area contributed by atoms with Crippen LogP contribution in [0.4, 0.5) is 11.5 Å². The molecule has 0 unspecified atom stereocenters. The Morgan fingerprint density at radius 3 is 2.71 bits per heavy atom. The van der Waals surface area contributed by atoms with Gasteiger partial charge < -0.3 is 15.4 Å². The summed E-state index contributed by atoms with van der Waals surface area (Å²) >= 11 is 3.35. The molecule has 1 heterocycles. The van der Waals surface area contributed by atoms with Gasteiger partial charge in [-0.3, -0.25) is 4.79 Å². The van der Waals surface area contributed by atoms with Gasteiger partial charge in [0.05, 0.1) is 16.9 Å². The van der Waals surface area contributed by atoms with Crippen LogP contribution >= 0.6 is 15.9 Å². The average molecular weight is 353 g/mol. The quantitative estimate of drug-likeness (QED) is 0.676. The number of rotatable bonds is 4. The standard InChI is InChI=1S/C13H13BrN4O3/c1-8-5-10(14)3-4-11(8)15-13(19)7-17-9(2)6-12(16-17)18(20)21/h3-6H,7H2,1-2H3,(H,15,19). The highest BCUT2D eigenvalue weighted by Gasteiger charge is 2.17. The van der Waals surface area contributed by atoms with Gasteiger partial charge in [-0.2, -0.15) is 4.68 Å². The first-order valence-corrected chi connectivity index (χ1v) is 6.91. The van der Waals surface area contributed by atoms with Crippen molar-refractivity contribution in [2.24, 2.45) is 0 Å². The fourth-order valence-electron chi connectivity index (χ4n) is 1.84. The maximum atomic E-state index is 12.0. The summed E-state index contributed by atoms with van der Waals surface area (Å²) in [4.78, 5) is 22.1. The number of nitrogens with zero attached hydrogens (tertiary/aromatic N) is 3. The number of nitrogens with one attached hydrogen (secondary N) is 1. The first-order chi connectivity index (χ1) is 9.86. The minimum absolute atomic E-state index is 0.0742. The highest BCUT2D eigenvalue weighted by Crippen LogP contribution is 2.20. The number of carbonyl (C=O) groups excluding carboxylic acids is 1. The van der Waals surface area contributed by atoms with Crippen molar-refractivity contribution in [1.82, 2.24) is 9.78 Å². The van der Waals surface area contributed by atoms with E-state index in [4.69, 9.17) is 0 Å². The van der Waals surface area contributed by atoms with Crippen LogP contribution in [-0.4, -0.2) is 20.6 Å². The second kappa shape index (κ2) is 6.04. The molecule has 0 spiro atoms. The van der Waals surface area contributed by atoms with Gasteiger partial charge >= 0.3 is 5.82 Å². The molecule has 0 aliphatic carbocycles. The van der Waals surface area contributed by atoms with Crippen LogP contribution in [0, 0.1) is 24.0 Å². The second-order valence-corrected chi connectivity index (χ2v) is 5.48. The molecular weight excluding hydrogens is 340 g/mol. The molecular formula is C13H13BrN4O3. The molecule has 0 saturated carbocycles. The molecule has 7 nitrogen and oxygen atoms in total. The van der Waals surface area contributed by atoms with Crippen molar-refractivity contribution in [2.45, 2.75) is 20.4 Å². The van der Waals surface area contributed by atoms with E-state index in [0.717, 1.165) is 10.0 Å². The third-order valence-electron chi connectivity index (χ3n) is 2.91. The third-order valence-corrected chi connectivity index (χ3v) is 3.40. The molecule has 0 bridgehead atoms. The van der Waals surface area contributed by atoms with Gasteiger partial charge in [0.25, 0.3) is 0 Å². The van der Waals surface area contributed by atoms with Gasteiger partial charge in [-0.25, -0.2) is 0 Å². The maximum absolute atomic E-state index is 12.0. The van der Waals surface area contributed by atoms with E-state index in [1.165, 1.54) is 10.7 Å². The summed E-state index contributed by atoms with van der Waals surface area (Å²) in [7, 11) is 0. The molecule has 0 atom stereocenters. The van der Waals surface area contributed by atoms with E-state index in [9.17, 15) is 14.9 Å². The van der Waals surface area contributed by atoms with Crippen molar-refractivity contribution in [3.8, 4) is 0 Å². The first-order valence-electron chi connectivity index (χ1n) is 6.11. The van der Waals surface area contributed by atoms with Gasteiger partial charge in [0.2, 0.25) is 5.91 Å². The summed E-state index contributed by atoms with van der Waals surface area (Å²) in [6.07, 6.45) is 0. The number of halogens is 1. The van der Waals surface area contributed by atoms with Crippen molar-refractivity contribution in [2.75, 3.05) is 5.32 Å². The predicted molar refractivity (Wildman–Crippen MR) is 81.1 cm³/mol. The molecule has 0 fully saturated rings. The van der Waals surface area contributed by atoms with E-state index < -0.39 is 4.92 Å². The average Bonchev–Trinajstić information content (AvgIpc) is 2.75. The van der Waals surface area contributed by atoms with Gasteiger partial charge in [0, 0.05) is 10.2 Å². The number of aryl methyl sites for hydroxylation is 2. The summed E-state index contributed by atoms with van der Waals surface area (Å²) in [5.74, 6) is -0.554. The van der Waals surface area contributed by atoms with E-state index >= 15 is 0 Å². The molecule has 0 radical (unpaired) electrons. The van der Waals surface area contributed by atoms with Gasteiger partial charge in [-0.1, -0.05) is 15.9 Å². The molecule has 21 heavy (non-hydrogen) atoms. The van der Waals surface area contributed by atoms with Gasteiger partial charge in [-0.15, -0.1) is 0 Å². The predicted octanol–water partition coefficient (Wildman–Crippen LogP) is 2.81. The van der Waals surface area contributed by atoms with Crippen LogP contribution in [0.1, 0.15) is 11.3 Å². The van der Waals surface area contributed by atoms with Crippen LogP contribution < -0.4 is 5.32 Å². The Morgan fingerprint density at radius 1 is 1.43 bits per heavy atom. The van der Waals surface area contributed by atoms with Crippen molar-refractivity contribution >= 4 is 33.3 Å². The largest absolute Gasteiger partial charge is 0.390 e. The van der Waals surface area contributed by atoms with Crippen LogP contribution in [-0.2, 0) is 11.3 Å². The topological polar surface area (TPSA) is 90.1 Å². The molecule has 0 aliphatic heterocycles. The monoisotopic (exact) mass is 352 g/mol.